The fourth-order valence-corrected chi connectivity index (χ4v) is 4.71. The fourth-order valence-electron chi connectivity index (χ4n) is 3.74. The number of benzene rings is 3. The fraction of sp³-hybridized carbons (Fsp3) is 0.192. The number of anilines is 1. The van der Waals surface area contributed by atoms with Crippen LogP contribution in [0.1, 0.15) is 16.7 Å². The van der Waals surface area contributed by atoms with Crippen LogP contribution in [0.5, 0.6) is 5.75 Å². The first-order valence-electron chi connectivity index (χ1n) is 10.6. The minimum absolute atomic E-state index is 0.0699. The molecule has 0 saturated heterocycles. The van der Waals surface area contributed by atoms with E-state index in [-0.39, 0.29) is 17.2 Å². The van der Waals surface area contributed by atoms with Crippen LogP contribution in [-0.4, -0.2) is 28.3 Å². The van der Waals surface area contributed by atoms with Crippen molar-refractivity contribution >= 4 is 45.9 Å². The molecule has 0 spiro atoms. The van der Waals surface area contributed by atoms with E-state index in [1.807, 2.05) is 57.2 Å². The van der Waals surface area contributed by atoms with Gasteiger partial charge in [-0.05, 0) is 67.8 Å². The van der Waals surface area contributed by atoms with Crippen molar-refractivity contribution < 1.29 is 9.53 Å². The lowest BCUT2D eigenvalue weighted by molar-refractivity contribution is -0.113. The second kappa shape index (κ2) is 9.91. The number of hydrogen-bond donors (Lipinski definition) is 1. The first-order valence-corrected chi connectivity index (χ1v) is 12.0. The summed E-state index contributed by atoms with van der Waals surface area (Å²) in [7, 11) is 1.55. The van der Waals surface area contributed by atoms with E-state index in [1.165, 1.54) is 16.3 Å². The summed E-state index contributed by atoms with van der Waals surface area (Å²) in [6.07, 6.45) is 0. The molecule has 1 aromatic heterocycles. The molecule has 174 valence electrons. The summed E-state index contributed by atoms with van der Waals surface area (Å²) in [4.78, 5) is 31.1. The van der Waals surface area contributed by atoms with Gasteiger partial charge in [0.05, 0.1) is 29.5 Å². The molecule has 0 aliphatic carbocycles. The Morgan fingerprint density at radius 1 is 1.09 bits per heavy atom. The van der Waals surface area contributed by atoms with Crippen LogP contribution >= 0.6 is 23.4 Å². The molecule has 1 amide bonds. The van der Waals surface area contributed by atoms with E-state index >= 15 is 0 Å². The number of nitrogens with zero attached hydrogens (tertiary/aromatic N) is 2. The normalized spacial score (nSPS) is 11.0. The van der Waals surface area contributed by atoms with Gasteiger partial charge in [0.1, 0.15) is 5.75 Å². The molecule has 6 nitrogen and oxygen atoms in total. The van der Waals surface area contributed by atoms with Crippen molar-refractivity contribution in [1.82, 2.24) is 9.55 Å². The SMILES string of the molecule is COc1ccc(C)cc1-n1c(SCC(=O)Nc2c(C)cccc2C)nc2cc(Cl)ccc2c1=O. The third kappa shape index (κ3) is 4.81. The van der Waals surface area contributed by atoms with Gasteiger partial charge in [-0.1, -0.05) is 47.6 Å². The number of para-hydroxylation sites is 1. The predicted octanol–water partition coefficient (Wildman–Crippen LogP) is 5.70. The van der Waals surface area contributed by atoms with E-state index in [4.69, 9.17) is 21.3 Å². The van der Waals surface area contributed by atoms with Crippen molar-refractivity contribution in [2.45, 2.75) is 25.9 Å². The zero-order valence-electron chi connectivity index (χ0n) is 19.3. The molecular formula is C26H24ClN3O3S. The summed E-state index contributed by atoms with van der Waals surface area (Å²) < 4.78 is 7.03. The number of nitrogens with one attached hydrogen (secondary N) is 1. The summed E-state index contributed by atoms with van der Waals surface area (Å²) in [6, 6.07) is 16.4. The molecule has 8 heteroatoms. The largest absolute Gasteiger partial charge is 0.495 e. The third-order valence-electron chi connectivity index (χ3n) is 5.45. The van der Waals surface area contributed by atoms with Crippen LogP contribution < -0.4 is 15.6 Å². The van der Waals surface area contributed by atoms with E-state index < -0.39 is 0 Å². The minimum Gasteiger partial charge on any atom is -0.495 e. The number of halogens is 1. The Hall–Kier alpha value is -3.29. The van der Waals surface area contributed by atoms with Crippen LogP contribution in [0.4, 0.5) is 5.69 Å². The van der Waals surface area contributed by atoms with Gasteiger partial charge in [-0.3, -0.25) is 14.2 Å². The number of ether oxygens (including phenoxy) is 1. The average molecular weight is 494 g/mol. The number of carbonyl (C=O) groups excluding carboxylic acids is 1. The van der Waals surface area contributed by atoms with Crippen molar-refractivity contribution in [1.29, 1.82) is 0 Å². The van der Waals surface area contributed by atoms with E-state index in [9.17, 15) is 9.59 Å². The molecule has 1 heterocycles. The van der Waals surface area contributed by atoms with Crippen molar-refractivity contribution in [3.63, 3.8) is 0 Å². The maximum Gasteiger partial charge on any atom is 0.266 e. The van der Waals surface area contributed by atoms with Gasteiger partial charge in [-0.2, -0.15) is 0 Å². The van der Waals surface area contributed by atoms with Crippen LogP contribution in [0.3, 0.4) is 0 Å². The number of amides is 1. The van der Waals surface area contributed by atoms with Gasteiger partial charge >= 0.3 is 0 Å². The molecule has 0 saturated carbocycles. The smallest absolute Gasteiger partial charge is 0.266 e. The van der Waals surface area contributed by atoms with Crippen LogP contribution in [0, 0.1) is 20.8 Å². The van der Waals surface area contributed by atoms with Gasteiger partial charge in [0.15, 0.2) is 5.16 Å². The first-order chi connectivity index (χ1) is 16.3. The molecule has 3 aromatic carbocycles. The molecule has 0 fully saturated rings. The Balaban J connectivity index is 1.77. The maximum absolute atomic E-state index is 13.6. The Kier molecular flexibility index (Phi) is 6.95. The van der Waals surface area contributed by atoms with E-state index in [0.29, 0.717) is 32.5 Å². The zero-order valence-corrected chi connectivity index (χ0v) is 20.9. The molecule has 0 aliphatic rings. The topological polar surface area (TPSA) is 73.2 Å². The summed E-state index contributed by atoms with van der Waals surface area (Å²) in [6.45, 7) is 5.84. The van der Waals surface area contributed by atoms with Gasteiger partial charge in [-0.25, -0.2) is 4.98 Å². The van der Waals surface area contributed by atoms with Gasteiger partial charge < -0.3 is 10.1 Å². The van der Waals surface area contributed by atoms with E-state index in [0.717, 1.165) is 22.4 Å². The predicted molar refractivity (Wildman–Crippen MR) is 139 cm³/mol. The molecule has 0 aliphatic heterocycles. The number of fused-ring (bicyclic) bond motifs is 1. The standard InChI is InChI=1S/C26H24ClN3O3S/c1-15-8-11-22(33-4)21(12-15)30-25(32)19-10-9-18(27)13-20(19)28-26(30)34-14-23(31)29-24-16(2)6-5-7-17(24)3/h5-13H,14H2,1-4H3,(H,29,31). The molecule has 0 bridgehead atoms. The summed E-state index contributed by atoms with van der Waals surface area (Å²) >= 11 is 7.34. The molecule has 0 atom stereocenters. The molecule has 4 aromatic rings. The Bertz CT molecular complexity index is 1450. The number of aromatic nitrogens is 2. The summed E-state index contributed by atoms with van der Waals surface area (Å²) in [5.74, 6) is 0.413. The van der Waals surface area contributed by atoms with Crippen molar-refractivity contribution in [3.05, 3.63) is 86.7 Å². The maximum atomic E-state index is 13.6. The molecule has 0 radical (unpaired) electrons. The van der Waals surface area contributed by atoms with Crippen molar-refractivity contribution in [2.75, 3.05) is 18.2 Å². The number of methoxy groups -OCH3 is 1. The molecule has 1 N–H and O–H groups in total. The van der Waals surface area contributed by atoms with Gasteiger partial charge in [-0.15, -0.1) is 0 Å². The van der Waals surface area contributed by atoms with Crippen LogP contribution in [-0.2, 0) is 4.79 Å². The Labute approximate surface area is 206 Å². The molecular weight excluding hydrogens is 470 g/mol. The van der Waals surface area contributed by atoms with Gasteiger partial charge in [0.2, 0.25) is 5.91 Å². The third-order valence-corrected chi connectivity index (χ3v) is 6.63. The summed E-state index contributed by atoms with van der Waals surface area (Å²) in [5, 5.41) is 4.26. The second-order valence-electron chi connectivity index (χ2n) is 7.98. The summed E-state index contributed by atoms with van der Waals surface area (Å²) in [5.41, 5.74) is 4.50. The monoisotopic (exact) mass is 493 g/mol. The van der Waals surface area contributed by atoms with Gasteiger partial charge in [0.25, 0.3) is 5.56 Å². The number of aryl methyl sites for hydroxylation is 3. The molecule has 4 rings (SSSR count). The lowest BCUT2D eigenvalue weighted by Crippen LogP contribution is -2.23. The minimum atomic E-state index is -0.261. The van der Waals surface area contributed by atoms with E-state index in [1.54, 1.807) is 25.3 Å². The highest BCUT2D eigenvalue weighted by Crippen LogP contribution is 2.29. The Morgan fingerprint density at radius 2 is 1.82 bits per heavy atom. The first kappa shape index (κ1) is 23.9. The molecule has 0 unspecified atom stereocenters. The second-order valence-corrected chi connectivity index (χ2v) is 9.35. The number of carbonyl (C=O) groups is 1. The highest BCUT2D eigenvalue weighted by Gasteiger charge is 2.18. The quantitative estimate of drug-likeness (QED) is 0.275. The van der Waals surface area contributed by atoms with Crippen molar-refractivity contribution in [3.8, 4) is 11.4 Å². The zero-order chi connectivity index (χ0) is 24.4. The number of hydrogen-bond acceptors (Lipinski definition) is 5. The van der Waals surface area contributed by atoms with Crippen LogP contribution in [0.2, 0.25) is 5.02 Å². The lowest BCUT2D eigenvalue weighted by Gasteiger charge is -2.17. The lowest BCUT2D eigenvalue weighted by atomic mass is 10.1. The van der Waals surface area contributed by atoms with Gasteiger partial charge in [0, 0.05) is 10.7 Å². The van der Waals surface area contributed by atoms with E-state index in [2.05, 4.69) is 5.32 Å². The average Bonchev–Trinajstić information content (AvgIpc) is 2.80. The highest BCUT2D eigenvalue weighted by molar-refractivity contribution is 7.99. The number of thioether (sulfide) groups is 1. The Morgan fingerprint density at radius 3 is 2.53 bits per heavy atom. The van der Waals surface area contributed by atoms with Crippen LogP contribution in [0.25, 0.3) is 16.6 Å². The number of rotatable bonds is 6. The molecule has 34 heavy (non-hydrogen) atoms. The van der Waals surface area contributed by atoms with Crippen LogP contribution in [0.15, 0.2) is 64.5 Å². The highest BCUT2D eigenvalue weighted by atomic mass is 35.5. The van der Waals surface area contributed by atoms with Crippen molar-refractivity contribution in [2.24, 2.45) is 0 Å².